The number of rotatable bonds is 3. The number of nitrogens with one attached hydrogen (secondary N) is 1. The molecule has 0 spiro atoms. The van der Waals surface area contributed by atoms with E-state index in [4.69, 9.17) is 12.2 Å². The third-order valence-corrected chi connectivity index (χ3v) is 2.28. The summed E-state index contributed by atoms with van der Waals surface area (Å²) in [7, 11) is 0. The van der Waals surface area contributed by atoms with E-state index in [0.717, 1.165) is 16.4 Å². The Kier molecular flexibility index (Phi) is 3.56. The lowest BCUT2D eigenvalue weighted by Gasteiger charge is -2.06. The minimum atomic E-state index is 0.651. The molecule has 0 bridgehead atoms. The molecule has 16 heavy (non-hydrogen) atoms. The lowest BCUT2D eigenvalue weighted by Crippen LogP contribution is -2.12. The Hall–Kier alpha value is -1.81. The Morgan fingerprint density at radius 3 is 2.62 bits per heavy atom. The summed E-state index contributed by atoms with van der Waals surface area (Å²) in [4.78, 5) is 8.92. The van der Waals surface area contributed by atoms with E-state index in [1.54, 1.807) is 18.6 Å². The highest BCUT2D eigenvalue weighted by Gasteiger charge is 2.00. The van der Waals surface area contributed by atoms with Crippen molar-refractivity contribution in [1.29, 1.82) is 0 Å². The maximum absolute atomic E-state index is 5.25. The van der Waals surface area contributed by atoms with Crippen LogP contribution in [0.15, 0.2) is 48.9 Å². The van der Waals surface area contributed by atoms with Gasteiger partial charge in [-0.1, -0.05) is 18.3 Å². The summed E-state index contributed by atoms with van der Waals surface area (Å²) >= 11 is 5.25. The van der Waals surface area contributed by atoms with E-state index in [2.05, 4.69) is 15.3 Å². The Morgan fingerprint density at radius 1 is 1.12 bits per heavy atom. The smallest absolute Gasteiger partial charge is 0.0857 e. The molecule has 1 N–H and O–H groups in total. The van der Waals surface area contributed by atoms with Gasteiger partial charge < -0.3 is 5.32 Å². The van der Waals surface area contributed by atoms with E-state index in [-0.39, 0.29) is 0 Å². The molecule has 4 heteroatoms. The highest BCUT2D eigenvalue weighted by molar-refractivity contribution is 7.80. The van der Waals surface area contributed by atoms with E-state index in [1.165, 1.54) is 0 Å². The van der Waals surface area contributed by atoms with E-state index in [1.807, 2.05) is 30.3 Å². The Balaban J connectivity index is 1.95. The summed E-state index contributed by atoms with van der Waals surface area (Å²) in [6.07, 6.45) is 5.88. The van der Waals surface area contributed by atoms with E-state index < -0.39 is 0 Å². The van der Waals surface area contributed by atoms with Gasteiger partial charge in [-0.3, -0.25) is 9.97 Å². The number of hydrogen-bond acceptors (Lipinski definition) is 3. The van der Waals surface area contributed by atoms with Crippen molar-refractivity contribution in [3.05, 3.63) is 54.6 Å². The monoisotopic (exact) mass is 229 g/mol. The zero-order chi connectivity index (χ0) is 11.2. The van der Waals surface area contributed by atoms with Crippen LogP contribution in [0, 0.1) is 0 Å². The minimum Gasteiger partial charge on any atom is -0.350 e. The maximum Gasteiger partial charge on any atom is 0.0857 e. The second-order valence-corrected chi connectivity index (χ2v) is 3.77. The molecule has 0 saturated carbocycles. The van der Waals surface area contributed by atoms with Crippen LogP contribution in [0.25, 0.3) is 0 Å². The molecule has 0 aliphatic carbocycles. The highest BCUT2D eigenvalue weighted by atomic mass is 32.1. The molecular weight excluding hydrogens is 218 g/mol. The zero-order valence-corrected chi connectivity index (χ0v) is 9.45. The first kappa shape index (κ1) is 10.7. The number of pyridine rings is 2. The Labute approximate surface area is 99.6 Å². The van der Waals surface area contributed by atoms with Gasteiger partial charge in [-0.05, 0) is 24.3 Å². The van der Waals surface area contributed by atoms with Crippen molar-refractivity contribution in [3.63, 3.8) is 0 Å². The van der Waals surface area contributed by atoms with Crippen LogP contribution in [0.1, 0.15) is 5.69 Å². The fraction of sp³-hybridized carbons (Fsp3) is 0.0833. The fourth-order valence-corrected chi connectivity index (χ4v) is 1.57. The molecule has 0 unspecified atom stereocenters. The summed E-state index contributed by atoms with van der Waals surface area (Å²) in [5.74, 6) is 0. The number of aromatic nitrogens is 2. The molecule has 0 aliphatic heterocycles. The predicted molar refractivity (Wildman–Crippen MR) is 68.4 cm³/mol. The molecule has 0 atom stereocenters. The van der Waals surface area contributed by atoms with Gasteiger partial charge in [0.05, 0.1) is 4.99 Å². The second kappa shape index (κ2) is 5.32. The normalized spacial score (nSPS) is 9.75. The Bertz CT molecular complexity index is 413. The van der Waals surface area contributed by atoms with E-state index >= 15 is 0 Å². The van der Waals surface area contributed by atoms with Crippen molar-refractivity contribution in [2.24, 2.45) is 0 Å². The molecule has 0 aliphatic rings. The predicted octanol–water partition coefficient (Wildman–Crippen LogP) is 2.46. The lowest BCUT2D eigenvalue weighted by molar-refractivity contribution is 1.15. The maximum atomic E-state index is 5.25. The largest absolute Gasteiger partial charge is 0.350 e. The van der Waals surface area contributed by atoms with Crippen molar-refractivity contribution in [2.75, 3.05) is 5.32 Å². The quantitative estimate of drug-likeness (QED) is 0.820. The molecule has 2 heterocycles. The van der Waals surface area contributed by atoms with Crippen LogP contribution < -0.4 is 5.32 Å². The molecule has 2 aromatic rings. The van der Waals surface area contributed by atoms with Gasteiger partial charge in [0, 0.05) is 36.4 Å². The van der Waals surface area contributed by atoms with Gasteiger partial charge in [-0.2, -0.15) is 0 Å². The average molecular weight is 229 g/mol. The van der Waals surface area contributed by atoms with Gasteiger partial charge in [0.25, 0.3) is 0 Å². The molecular formula is C12H11N3S. The first-order chi connectivity index (χ1) is 7.84. The number of hydrogen-bond donors (Lipinski definition) is 1. The molecule has 3 nitrogen and oxygen atoms in total. The first-order valence-electron chi connectivity index (χ1n) is 4.94. The second-order valence-electron chi connectivity index (χ2n) is 3.28. The molecule has 2 aromatic heterocycles. The molecule has 0 radical (unpaired) electrons. The number of anilines is 1. The van der Waals surface area contributed by atoms with Gasteiger partial charge in [-0.25, -0.2) is 0 Å². The number of thiocarbonyl (C=S) groups is 1. The minimum absolute atomic E-state index is 0.651. The van der Waals surface area contributed by atoms with Crippen LogP contribution in [0.4, 0.5) is 5.69 Å². The Morgan fingerprint density at radius 2 is 1.94 bits per heavy atom. The van der Waals surface area contributed by atoms with Gasteiger partial charge >= 0.3 is 0 Å². The lowest BCUT2D eigenvalue weighted by atomic mass is 10.2. The van der Waals surface area contributed by atoms with Gasteiger partial charge in [0.1, 0.15) is 0 Å². The van der Waals surface area contributed by atoms with Crippen molar-refractivity contribution < 1.29 is 0 Å². The standard InChI is InChI=1S/C12H11N3S/c16-12(9-11-3-1-2-6-14-11)15-10-4-7-13-8-5-10/h1-8H,9H2,(H,13,15,16). The van der Waals surface area contributed by atoms with Crippen LogP contribution >= 0.6 is 12.2 Å². The summed E-state index contributed by atoms with van der Waals surface area (Å²) in [5.41, 5.74) is 1.92. The van der Waals surface area contributed by atoms with Crippen LogP contribution in [0.3, 0.4) is 0 Å². The third kappa shape index (κ3) is 3.10. The fourth-order valence-electron chi connectivity index (χ4n) is 1.31. The van der Waals surface area contributed by atoms with Crippen molar-refractivity contribution in [3.8, 4) is 0 Å². The summed E-state index contributed by atoms with van der Waals surface area (Å²) in [6, 6.07) is 9.57. The highest BCUT2D eigenvalue weighted by Crippen LogP contribution is 2.05. The average Bonchev–Trinajstić information content (AvgIpc) is 2.31. The summed E-state index contributed by atoms with van der Waals surface area (Å²) < 4.78 is 0. The third-order valence-electron chi connectivity index (χ3n) is 2.03. The van der Waals surface area contributed by atoms with Crippen molar-refractivity contribution in [2.45, 2.75) is 6.42 Å². The molecule has 0 amide bonds. The molecule has 80 valence electrons. The molecule has 2 rings (SSSR count). The topological polar surface area (TPSA) is 37.8 Å². The van der Waals surface area contributed by atoms with Gasteiger partial charge in [0.15, 0.2) is 0 Å². The molecule has 0 fully saturated rings. The molecule has 0 saturated heterocycles. The van der Waals surface area contributed by atoms with Gasteiger partial charge in [-0.15, -0.1) is 0 Å². The van der Waals surface area contributed by atoms with E-state index in [9.17, 15) is 0 Å². The number of nitrogens with zero attached hydrogens (tertiary/aromatic N) is 2. The van der Waals surface area contributed by atoms with Crippen LogP contribution in [0.5, 0.6) is 0 Å². The first-order valence-corrected chi connectivity index (χ1v) is 5.35. The summed E-state index contributed by atoms with van der Waals surface area (Å²) in [6.45, 7) is 0. The van der Waals surface area contributed by atoms with Crippen LogP contribution in [0.2, 0.25) is 0 Å². The summed E-state index contributed by atoms with van der Waals surface area (Å²) in [5, 5.41) is 3.14. The van der Waals surface area contributed by atoms with Crippen LogP contribution in [-0.4, -0.2) is 15.0 Å². The zero-order valence-electron chi connectivity index (χ0n) is 8.63. The van der Waals surface area contributed by atoms with Crippen molar-refractivity contribution >= 4 is 22.9 Å². The van der Waals surface area contributed by atoms with Crippen molar-refractivity contribution in [1.82, 2.24) is 9.97 Å². The van der Waals surface area contributed by atoms with Gasteiger partial charge in [0.2, 0.25) is 0 Å². The van der Waals surface area contributed by atoms with Crippen LogP contribution in [-0.2, 0) is 6.42 Å². The molecule has 0 aromatic carbocycles. The van der Waals surface area contributed by atoms with E-state index in [0.29, 0.717) is 6.42 Å². The SMILES string of the molecule is S=C(Cc1ccccn1)Nc1ccncc1.